The van der Waals surface area contributed by atoms with Crippen LogP contribution in [0.2, 0.25) is 0 Å². The monoisotopic (exact) mass is 355 g/mol. The van der Waals surface area contributed by atoms with Crippen molar-refractivity contribution in [2.75, 3.05) is 0 Å². The number of benzene rings is 1. The second-order valence-electron chi connectivity index (χ2n) is 4.58. The van der Waals surface area contributed by atoms with Crippen LogP contribution in [0.5, 0.6) is 5.75 Å². The predicted octanol–water partition coefficient (Wildman–Crippen LogP) is 3.86. The summed E-state index contributed by atoms with van der Waals surface area (Å²) in [7, 11) is 0. The number of halogens is 1. The van der Waals surface area contributed by atoms with Crippen LogP contribution < -0.4 is 10.5 Å². The molecule has 0 spiro atoms. The molecule has 2 rings (SSSR count). The highest BCUT2D eigenvalue weighted by Gasteiger charge is 2.22. The maximum atomic E-state index is 9.05. The largest absolute Gasteiger partial charge is 0.483 e. The molecule has 0 amide bonds. The van der Waals surface area contributed by atoms with Crippen LogP contribution in [-0.2, 0) is 6.61 Å². The Hall–Kier alpha value is -0.880. The molecule has 2 aromatic rings. The van der Waals surface area contributed by atoms with E-state index < -0.39 is 0 Å². The summed E-state index contributed by atoms with van der Waals surface area (Å²) in [6.45, 7) is 2.09. The molecule has 1 aromatic heterocycles. The number of hydrogen-bond acceptors (Lipinski definition) is 4. The first-order chi connectivity index (χ1) is 9.63. The Morgan fingerprint density at radius 1 is 1.35 bits per heavy atom. The Balaban J connectivity index is 2.18. The highest BCUT2D eigenvalue weighted by Crippen LogP contribution is 2.32. The standard InChI is InChI=1S/C15H18BrNO2S/c1-2-13(17)15(14-7-11(16)9-20-14)19-12-5-3-10(8-18)4-6-12/h3-7,9,13,15,18H,2,8,17H2,1H3. The summed E-state index contributed by atoms with van der Waals surface area (Å²) >= 11 is 5.10. The van der Waals surface area contributed by atoms with Gasteiger partial charge >= 0.3 is 0 Å². The number of hydrogen-bond donors (Lipinski definition) is 2. The lowest BCUT2D eigenvalue weighted by molar-refractivity contribution is 0.174. The number of rotatable bonds is 6. The zero-order valence-corrected chi connectivity index (χ0v) is 13.7. The second-order valence-corrected chi connectivity index (χ2v) is 6.44. The fourth-order valence-corrected chi connectivity index (χ4v) is 3.42. The first-order valence-electron chi connectivity index (χ1n) is 6.50. The van der Waals surface area contributed by atoms with Gasteiger partial charge in [-0.1, -0.05) is 19.1 Å². The molecule has 5 heteroatoms. The van der Waals surface area contributed by atoms with Gasteiger partial charge in [0, 0.05) is 20.8 Å². The molecular formula is C15H18BrNO2S. The first kappa shape index (κ1) is 15.5. The number of nitrogens with two attached hydrogens (primary N) is 1. The smallest absolute Gasteiger partial charge is 0.148 e. The minimum atomic E-state index is -0.156. The molecule has 1 heterocycles. The molecule has 0 bridgehead atoms. The van der Waals surface area contributed by atoms with Gasteiger partial charge in [-0.2, -0.15) is 0 Å². The summed E-state index contributed by atoms with van der Waals surface area (Å²) in [5.41, 5.74) is 7.06. The molecule has 0 radical (unpaired) electrons. The first-order valence-corrected chi connectivity index (χ1v) is 8.17. The van der Waals surface area contributed by atoms with Gasteiger partial charge in [0.2, 0.25) is 0 Å². The summed E-state index contributed by atoms with van der Waals surface area (Å²) in [6, 6.07) is 9.43. The van der Waals surface area contributed by atoms with Crippen molar-refractivity contribution in [2.45, 2.75) is 32.1 Å². The Morgan fingerprint density at radius 2 is 2.05 bits per heavy atom. The van der Waals surface area contributed by atoms with E-state index in [1.807, 2.05) is 35.7 Å². The van der Waals surface area contributed by atoms with Gasteiger partial charge in [0.1, 0.15) is 11.9 Å². The van der Waals surface area contributed by atoms with E-state index in [4.69, 9.17) is 15.6 Å². The maximum Gasteiger partial charge on any atom is 0.148 e. The van der Waals surface area contributed by atoms with Gasteiger partial charge < -0.3 is 15.6 Å². The average Bonchev–Trinajstić information content (AvgIpc) is 2.91. The zero-order chi connectivity index (χ0) is 14.5. The fraction of sp³-hybridized carbons (Fsp3) is 0.333. The van der Waals surface area contributed by atoms with Crippen molar-refractivity contribution in [2.24, 2.45) is 5.73 Å². The van der Waals surface area contributed by atoms with Gasteiger partial charge in [-0.3, -0.25) is 0 Å². The normalized spacial score (nSPS) is 14.0. The molecule has 0 fully saturated rings. The van der Waals surface area contributed by atoms with E-state index in [-0.39, 0.29) is 18.8 Å². The molecule has 1 aromatic carbocycles. The van der Waals surface area contributed by atoms with Crippen LogP contribution in [0.3, 0.4) is 0 Å². The Labute approximate surface area is 131 Å². The van der Waals surface area contributed by atoms with E-state index in [1.54, 1.807) is 11.3 Å². The molecule has 0 aliphatic heterocycles. The van der Waals surface area contributed by atoms with Gasteiger partial charge in [-0.15, -0.1) is 11.3 Å². The molecule has 2 unspecified atom stereocenters. The van der Waals surface area contributed by atoms with Crippen LogP contribution in [-0.4, -0.2) is 11.1 Å². The molecule has 0 saturated heterocycles. The molecule has 108 valence electrons. The van der Waals surface area contributed by atoms with E-state index in [0.29, 0.717) is 0 Å². The van der Waals surface area contributed by atoms with Crippen LogP contribution >= 0.6 is 27.3 Å². The topological polar surface area (TPSA) is 55.5 Å². The summed E-state index contributed by atoms with van der Waals surface area (Å²) in [6.07, 6.45) is 0.686. The third kappa shape index (κ3) is 3.82. The third-order valence-electron chi connectivity index (χ3n) is 3.10. The van der Waals surface area contributed by atoms with Crippen molar-refractivity contribution in [1.82, 2.24) is 0 Å². The van der Waals surface area contributed by atoms with Crippen LogP contribution in [0.1, 0.15) is 29.9 Å². The maximum absolute atomic E-state index is 9.05. The van der Waals surface area contributed by atoms with Crippen molar-refractivity contribution < 1.29 is 9.84 Å². The van der Waals surface area contributed by atoms with Gasteiger partial charge in [-0.25, -0.2) is 0 Å². The number of ether oxygens (including phenoxy) is 1. The molecule has 0 saturated carbocycles. The number of thiophene rings is 1. The summed E-state index contributed by atoms with van der Waals surface area (Å²) < 4.78 is 7.10. The van der Waals surface area contributed by atoms with Crippen molar-refractivity contribution >= 4 is 27.3 Å². The van der Waals surface area contributed by atoms with Crippen LogP contribution in [0.25, 0.3) is 0 Å². The van der Waals surface area contributed by atoms with Gasteiger partial charge in [0.15, 0.2) is 0 Å². The molecule has 20 heavy (non-hydrogen) atoms. The van der Waals surface area contributed by atoms with Gasteiger partial charge in [0.05, 0.1) is 6.61 Å². The molecular weight excluding hydrogens is 338 g/mol. The molecule has 3 N–H and O–H groups in total. The molecule has 0 aliphatic carbocycles. The van der Waals surface area contributed by atoms with Crippen molar-refractivity contribution in [1.29, 1.82) is 0 Å². The van der Waals surface area contributed by atoms with E-state index in [1.165, 1.54) is 0 Å². The summed E-state index contributed by atoms with van der Waals surface area (Å²) in [5.74, 6) is 0.764. The van der Waals surface area contributed by atoms with Crippen molar-refractivity contribution in [3.8, 4) is 5.75 Å². The van der Waals surface area contributed by atoms with E-state index in [2.05, 4.69) is 22.9 Å². The minimum Gasteiger partial charge on any atom is -0.483 e. The SMILES string of the molecule is CCC(N)C(Oc1ccc(CO)cc1)c1cc(Br)cs1. The van der Waals surface area contributed by atoms with Crippen molar-refractivity contribution in [3.63, 3.8) is 0 Å². The molecule has 0 aliphatic rings. The summed E-state index contributed by atoms with van der Waals surface area (Å²) in [4.78, 5) is 1.11. The average molecular weight is 356 g/mol. The lowest BCUT2D eigenvalue weighted by Crippen LogP contribution is -2.30. The van der Waals surface area contributed by atoms with Crippen molar-refractivity contribution in [3.05, 3.63) is 50.6 Å². The molecule has 3 nitrogen and oxygen atoms in total. The highest BCUT2D eigenvalue weighted by molar-refractivity contribution is 9.10. The third-order valence-corrected chi connectivity index (χ3v) is 4.85. The fourth-order valence-electron chi connectivity index (χ4n) is 1.87. The second kappa shape index (κ2) is 7.22. The predicted molar refractivity (Wildman–Crippen MR) is 86.0 cm³/mol. The van der Waals surface area contributed by atoms with Crippen LogP contribution in [0.15, 0.2) is 40.2 Å². The number of aliphatic hydroxyl groups is 1. The highest BCUT2D eigenvalue weighted by atomic mass is 79.9. The number of aliphatic hydroxyl groups excluding tert-OH is 1. The zero-order valence-electron chi connectivity index (χ0n) is 11.3. The van der Waals surface area contributed by atoms with Gasteiger partial charge in [0.25, 0.3) is 0 Å². The van der Waals surface area contributed by atoms with E-state index in [9.17, 15) is 0 Å². The Morgan fingerprint density at radius 3 is 2.55 bits per heavy atom. The Kier molecular flexibility index (Phi) is 5.60. The van der Waals surface area contributed by atoms with Gasteiger partial charge in [-0.05, 0) is 46.1 Å². The minimum absolute atomic E-state index is 0.0378. The summed E-state index contributed by atoms with van der Waals surface area (Å²) in [5, 5.41) is 11.1. The van der Waals surface area contributed by atoms with E-state index in [0.717, 1.165) is 27.1 Å². The Bertz CT molecular complexity index is 541. The lowest BCUT2D eigenvalue weighted by atomic mass is 10.1. The lowest BCUT2D eigenvalue weighted by Gasteiger charge is -2.23. The quantitative estimate of drug-likeness (QED) is 0.826. The van der Waals surface area contributed by atoms with Crippen LogP contribution in [0, 0.1) is 0 Å². The molecule has 2 atom stereocenters. The van der Waals surface area contributed by atoms with E-state index >= 15 is 0 Å². The van der Waals surface area contributed by atoms with Crippen LogP contribution in [0.4, 0.5) is 0 Å².